The molecule has 2 aliphatic rings. The second-order valence-corrected chi connectivity index (χ2v) is 10.1. The number of carbonyl (C=O) groups is 1. The first-order valence-electron chi connectivity index (χ1n) is 9.05. The van der Waals surface area contributed by atoms with Gasteiger partial charge in [0.05, 0.1) is 4.90 Å². The van der Waals surface area contributed by atoms with Gasteiger partial charge in [0.2, 0.25) is 22.0 Å². The quantitative estimate of drug-likeness (QED) is 0.568. The molecule has 1 heterocycles. The van der Waals surface area contributed by atoms with Crippen molar-refractivity contribution in [2.75, 3.05) is 26.2 Å². The third-order valence-electron chi connectivity index (χ3n) is 5.25. The lowest BCUT2D eigenvalue weighted by atomic mass is 9.87. The highest BCUT2D eigenvalue weighted by Gasteiger charge is 2.54. The lowest BCUT2D eigenvalue weighted by Crippen LogP contribution is -2.51. The molecule has 1 aromatic rings. The topological polar surface area (TPSA) is 101 Å². The van der Waals surface area contributed by atoms with Crippen molar-refractivity contribution in [1.82, 2.24) is 9.21 Å². The number of rotatable bonds is 4. The standard InChI is InChI=1S/C18H25N3O5S/c1-18(2,3)13-4-6-14(7-5-13)27(25,26)20-10-8-19(9-11-20)17(22)15-12-16(15)21(23)24/h4-7,15-16H,8-12H2,1-3H3/t15-,16-/m0/s1. The van der Waals surface area contributed by atoms with E-state index in [1.165, 1.54) is 4.31 Å². The number of benzene rings is 1. The molecule has 2 fully saturated rings. The third-order valence-corrected chi connectivity index (χ3v) is 7.17. The summed E-state index contributed by atoms with van der Waals surface area (Å²) in [6.45, 7) is 7.12. The van der Waals surface area contributed by atoms with E-state index in [2.05, 4.69) is 20.8 Å². The molecule has 0 bridgehead atoms. The zero-order chi connectivity index (χ0) is 20.0. The van der Waals surface area contributed by atoms with E-state index in [9.17, 15) is 23.3 Å². The molecule has 3 rings (SSSR count). The van der Waals surface area contributed by atoms with E-state index in [0.29, 0.717) is 0 Å². The van der Waals surface area contributed by atoms with Crippen LogP contribution in [0.25, 0.3) is 0 Å². The Morgan fingerprint density at radius 2 is 1.67 bits per heavy atom. The summed E-state index contributed by atoms with van der Waals surface area (Å²) in [4.78, 5) is 24.4. The summed E-state index contributed by atoms with van der Waals surface area (Å²) in [7, 11) is -3.62. The molecule has 1 aliphatic carbocycles. The molecule has 27 heavy (non-hydrogen) atoms. The predicted octanol–water partition coefficient (Wildman–Crippen LogP) is 1.48. The van der Waals surface area contributed by atoms with Crippen molar-refractivity contribution in [3.05, 3.63) is 39.9 Å². The van der Waals surface area contributed by atoms with Crippen LogP contribution >= 0.6 is 0 Å². The minimum Gasteiger partial charge on any atom is -0.340 e. The molecule has 1 amide bonds. The van der Waals surface area contributed by atoms with Gasteiger partial charge < -0.3 is 4.90 Å². The zero-order valence-corrected chi connectivity index (χ0v) is 16.6. The van der Waals surface area contributed by atoms with Crippen molar-refractivity contribution in [1.29, 1.82) is 0 Å². The van der Waals surface area contributed by atoms with Gasteiger partial charge in [0, 0.05) is 37.5 Å². The second-order valence-electron chi connectivity index (χ2n) is 8.20. The van der Waals surface area contributed by atoms with Gasteiger partial charge in [-0.25, -0.2) is 8.42 Å². The van der Waals surface area contributed by atoms with Crippen LogP contribution in [0.4, 0.5) is 0 Å². The van der Waals surface area contributed by atoms with Crippen molar-refractivity contribution in [3.63, 3.8) is 0 Å². The van der Waals surface area contributed by atoms with Crippen molar-refractivity contribution in [3.8, 4) is 0 Å². The number of hydrogen-bond acceptors (Lipinski definition) is 5. The Kier molecular flexibility index (Phi) is 5.02. The molecule has 1 aliphatic heterocycles. The number of sulfonamides is 1. The van der Waals surface area contributed by atoms with Crippen LogP contribution in [0.1, 0.15) is 32.8 Å². The van der Waals surface area contributed by atoms with E-state index in [1.807, 2.05) is 12.1 Å². The summed E-state index contributed by atoms with van der Waals surface area (Å²) >= 11 is 0. The number of amides is 1. The molecule has 2 atom stereocenters. The molecule has 0 aromatic heterocycles. The van der Waals surface area contributed by atoms with E-state index in [-0.39, 0.29) is 48.8 Å². The normalized spacial score (nSPS) is 23.9. The average Bonchev–Trinajstić information content (AvgIpc) is 3.41. The Bertz CT molecular complexity index is 837. The van der Waals surface area contributed by atoms with Crippen LogP contribution in [0.15, 0.2) is 29.2 Å². The smallest absolute Gasteiger partial charge is 0.243 e. The number of piperazine rings is 1. The van der Waals surface area contributed by atoms with Crippen LogP contribution in [0, 0.1) is 16.0 Å². The van der Waals surface area contributed by atoms with Gasteiger partial charge in [-0.1, -0.05) is 32.9 Å². The highest BCUT2D eigenvalue weighted by atomic mass is 32.2. The summed E-state index contributed by atoms with van der Waals surface area (Å²) in [5, 5.41) is 10.7. The summed E-state index contributed by atoms with van der Waals surface area (Å²) in [5.74, 6) is -0.781. The Balaban J connectivity index is 1.63. The average molecular weight is 395 g/mol. The second kappa shape index (κ2) is 6.87. The Labute approximate surface area is 159 Å². The molecule has 8 nitrogen and oxygen atoms in total. The van der Waals surface area contributed by atoms with E-state index < -0.39 is 26.9 Å². The maximum atomic E-state index is 12.8. The zero-order valence-electron chi connectivity index (χ0n) is 15.8. The fourth-order valence-electron chi connectivity index (χ4n) is 3.34. The highest BCUT2D eigenvalue weighted by Crippen LogP contribution is 2.35. The summed E-state index contributed by atoms with van der Waals surface area (Å²) in [6.07, 6.45) is 0.282. The number of nitro groups is 1. The van der Waals surface area contributed by atoms with Gasteiger partial charge in [-0.05, 0) is 23.1 Å². The number of carbonyl (C=O) groups excluding carboxylic acids is 1. The Morgan fingerprint density at radius 1 is 1.11 bits per heavy atom. The van der Waals surface area contributed by atoms with Gasteiger partial charge in [-0.3, -0.25) is 14.9 Å². The molecule has 1 saturated heterocycles. The fourth-order valence-corrected chi connectivity index (χ4v) is 4.76. The van der Waals surface area contributed by atoms with Crippen LogP contribution in [-0.2, 0) is 20.2 Å². The van der Waals surface area contributed by atoms with Gasteiger partial charge in [0.25, 0.3) is 0 Å². The fraction of sp³-hybridized carbons (Fsp3) is 0.611. The van der Waals surface area contributed by atoms with Crippen LogP contribution in [0.2, 0.25) is 0 Å². The monoisotopic (exact) mass is 395 g/mol. The SMILES string of the molecule is CC(C)(C)c1ccc(S(=O)(=O)N2CCN(C(=O)[C@H]3C[C@@H]3[N+](=O)[O-])CC2)cc1. The first kappa shape index (κ1) is 19.8. The van der Waals surface area contributed by atoms with Gasteiger partial charge >= 0.3 is 0 Å². The lowest BCUT2D eigenvalue weighted by molar-refractivity contribution is -0.497. The van der Waals surface area contributed by atoms with Crippen molar-refractivity contribution >= 4 is 15.9 Å². The molecular formula is C18H25N3O5S. The largest absolute Gasteiger partial charge is 0.340 e. The predicted molar refractivity (Wildman–Crippen MR) is 99.4 cm³/mol. The van der Waals surface area contributed by atoms with Gasteiger partial charge in [-0.2, -0.15) is 4.31 Å². The molecule has 1 aromatic carbocycles. The molecule has 0 radical (unpaired) electrons. The van der Waals surface area contributed by atoms with Crippen LogP contribution in [-0.4, -0.2) is 60.7 Å². The first-order chi connectivity index (χ1) is 12.5. The van der Waals surface area contributed by atoms with Crippen LogP contribution < -0.4 is 0 Å². The highest BCUT2D eigenvalue weighted by molar-refractivity contribution is 7.89. The van der Waals surface area contributed by atoms with Gasteiger partial charge in [-0.15, -0.1) is 0 Å². The molecular weight excluding hydrogens is 370 g/mol. The molecule has 0 unspecified atom stereocenters. The van der Waals surface area contributed by atoms with Gasteiger partial charge in [0.1, 0.15) is 5.92 Å². The minimum atomic E-state index is -3.62. The van der Waals surface area contributed by atoms with Crippen LogP contribution in [0.5, 0.6) is 0 Å². The van der Waals surface area contributed by atoms with E-state index in [0.717, 1.165) is 5.56 Å². The molecule has 0 N–H and O–H groups in total. The minimum absolute atomic E-state index is 0.0568. The third kappa shape index (κ3) is 3.98. The van der Waals surface area contributed by atoms with E-state index in [4.69, 9.17) is 0 Å². The van der Waals surface area contributed by atoms with Gasteiger partial charge in [0.15, 0.2) is 0 Å². The Morgan fingerprint density at radius 3 is 2.11 bits per heavy atom. The maximum absolute atomic E-state index is 12.8. The van der Waals surface area contributed by atoms with Crippen molar-refractivity contribution < 1.29 is 18.1 Å². The maximum Gasteiger partial charge on any atom is 0.243 e. The molecule has 9 heteroatoms. The summed E-state index contributed by atoms with van der Waals surface area (Å²) < 4.78 is 27.1. The van der Waals surface area contributed by atoms with Crippen molar-refractivity contribution in [2.24, 2.45) is 5.92 Å². The number of hydrogen-bond donors (Lipinski definition) is 0. The Hall–Kier alpha value is -2.00. The summed E-state index contributed by atoms with van der Waals surface area (Å²) in [5.41, 5.74) is 1.00. The molecule has 0 spiro atoms. The van der Waals surface area contributed by atoms with Crippen molar-refractivity contribution in [2.45, 2.75) is 43.5 Å². The lowest BCUT2D eigenvalue weighted by Gasteiger charge is -2.34. The first-order valence-corrected chi connectivity index (χ1v) is 10.5. The number of nitrogens with zero attached hydrogens (tertiary/aromatic N) is 3. The summed E-state index contributed by atoms with van der Waals surface area (Å²) in [6, 6.07) is 6.13. The van der Waals surface area contributed by atoms with E-state index >= 15 is 0 Å². The van der Waals surface area contributed by atoms with E-state index in [1.54, 1.807) is 17.0 Å². The van der Waals surface area contributed by atoms with Crippen LogP contribution in [0.3, 0.4) is 0 Å². The molecule has 1 saturated carbocycles. The molecule has 148 valence electrons.